The Morgan fingerprint density at radius 1 is 1.06 bits per heavy atom. The first-order valence-corrected chi connectivity index (χ1v) is 12.7. The average Bonchev–Trinajstić information content (AvgIpc) is 3.09. The molecule has 1 spiro atoms. The number of carbonyl (C=O) groups is 1. The molecule has 1 aromatic heterocycles. The highest BCUT2D eigenvalue weighted by Gasteiger charge is 2.46. The average molecular weight is 461 g/mol. The van der Waals surface area contributed by atoms with Gasteiger partial charge in [0.2, 0.25) is 0 Å². The third kappa shape index (κ3) is 3.06. The molecular formula is C28H29ClN2O2. The van der Waals surface area contributed by atoms with Gasteiger partial charge in [0, 0.05) is 5.41 Å². The number of hydrogen-bond acceptors (Lipinski definition) is 3. The van der Waals surface area contributed by atoms with Gasteiger partial charge in [-0.25, -0.2) is 0 Å². The van der Waals surface area contributed by atoms with Gasteiger partial charge in [0.15, 0.2) is 0 Å². The van der Waals surface area contributed by atoms with Gasteiger partial charge in [-0.05, 0) is 73.8 Å². The summed E-state index contributed by atoms with van der Waals surface area (Å²) >= 11 is 6.48. The number of aldehydes is 1. The lowest BCUT2D eigenvalue weighted by molar-refractivity contribution is -0.117. The highest BCUT2D eigenvalue weighted by atomic mass is 35.5. The summed E-state index contributed by atoms with van der Waals surface area (Å²) in [6, 6.07) is 12.6. The quantitative estimate of drug-likeness (QED) is 0.412. The van der Waals surface area contributed by atoms with Gasteiger partial charge < -0.3 is 4.79 Å². The normalized spacial score (nSPS) is 25.7. The van der Waals surface area contributed by atoms with Gasteiger partial charge in [0.1, 0.15) is 12.1 Å². The highest BCUT2D eigenvalue weighted by Crippen LogP contribution is 2.52. The van der Waals surface area contributed by atoms with Crippen molar-refractivity contribution in [1.82, 2.24) is 9.55 Å². The molecule has 5 heteroatoms. The Labute approximate surface area is 199 Å². The smallest absolute Gasteiger partial charge is 0.282 e. The fraction of sp³-hybridized carbons (Fsp3) is 0.464. The SMILES string of the molecule is CC1(C=O)CCC(c2ccc3c(c2)-n2c(nc(=O)c4c(Cl)cccc42)C32CCCCC2)CC1. The summed E-state index contributed by atoms with van der Waals surface area (Å²) in [5, 5.41) is 0.967. The summed E-state index contributed by atoms with van der Waals surface area (Å²) in [5.41, 5.74) is 4.06. The van der Waals surface area contributed by atoms with Gasteiger partial charge in [-0.15, -0.1) is 0 Å². The summed E-state index contributed by atoms with van der Waals surface area (Å²) in [4.78, 5) is 29.3. The Morgan fingerprint density at radius 3 is 2.55 bits per heavy atom. The van der Waals surface area contributed by atoms with Crippen molar-refractivity contribution in [2.45, 2.75) is 76.0 Å². The molecule has 3 aliphatic rings. The summed E-state index contributed by atoms with van der Waals surface area (Å²) in [6.45, 7) is 2.08. The minimum atomic E-state index is -0.222. The van der Waals surface area contributed by atoms with Crippen LogP contribution >= 0.6 is 11.6 Å². The zero-order valence-corrected chi connectivity index (χ0v) is 19.8. The zero-order valence-electron chi connectivity index (χ0n) is 19.1. The number of benzene rings is 2. The molecule has 0 radical (unpaired) electrons. The standard InChI is InChI=1S/C28H29ClN2O2/c1-27(17-32)14-10-18(11-15-27)19-8-9-20-23(16-19)31-22-7-5-6-21(29)24(22)25(33)30-26(31)28(20)12-3-2-4-13-28/h5-9,16-18H,2-4,10-15H2,1H3. The maximum atomic E-state index is 13.1. The van der Waals surface area contributed by atoms with Crippen LogP contribution in [0.4, 0.5) is 0 Å². The molecule has 0 N–H and O–H groups in total. The maximum Gasteiger partial charge on any atom is 0.282 e. The van der Waals surface area contributed by atoms with E-state index in [0.29, 0.717) is 16.3 Å². The molecule has 4 nitrogen and oxygen atoms in total. The second-order valence-electron chi connectivity index (χ2n) is 10.7. The van der Waals surface area contributed by atoms with Gasteiger partial charge in [0.05, 0.1) is 27.0 Å². The first-order chi connectivity index (χ1) is 16.0. The molecule has 33 heavy (non-hydrogen) atoms. The number of hydrogen-bond donors (Lipinski definition) is 0. The molecule has 0 amide bonds. The zero-order chi connectivity index (χ0) is 22.8. The van der Waals surface area contributed by atoms with Crippen LogP contribution in [0, 0.1) is 5.41 Å². The van der Waals surface area contributed by atoms with Crippen LogP contribution in [0.15, 0.2) is 41.2 Å². The third-order valence-electron chi connectivity index (χ3n) is 8.66. The Morgan fingerprint density at radius 2 is 1.82 bits per heavy atom. The Hall–Kier alpha value is -2.46. The van der Waals surface area contributed by atoms with Crippen LogP contribution in [0.2, 0.25) is 5.02 Å². The van der Waals surface area contributed by atoms with Crippen molar-refractivity contribution in [1.29, 1.82) is 0 Å². The summed E-state index contributed by atoms with van der Waals surface area (Å²) in [5.74, 6) is 1.35. The summed E-state index contributed by atoms with van der Waals surface area (Å²) in [6.07, 6.45) is 10.7. The van der Waals surface area contributed by atoms with Gasteiger partial charge in [-0.1, -0.05) is 56.0 Å². The Bertz CT molecular complexity index is 1330. The molecule has 1 aliphatic heterocycles. The largest absolute Gasteiger partial charge is 0.303 e. The number of aromatic nitrogens is 2. The van der Waals surface area contributed by atoms with Crippen LogP contribution in [0.25, 0.3) is 16.6 Å². The van der Waals surface area contributed by atoms with E-state index in [4.69, 9.17) is 16.6 Å². The van der Waals surface area contributed by atoms with Crippen molar-refractivity contribution in [3.05, 3.63) is 68.7 Å². The minimum Gasteiger partial charge on any atom is -0.303 e. The van der Waals surface area contributed by atoms with E-state index in [1.165, 1.54) is 17.5 Å². The number of rotatable bonds is 2. The van der Waals surface area contributed by atoms with Crippen LogP contribution in [0.1, 0.15) is 87.6 Å². The molecule has 0 bridgehead atoms. The minimum absolute atomic E-state index is 0.178. The number of halogens is 1. The molecule has 2 fully saturated rings. The van der Waals surface area contributed by atoms with E-state index in [0.717, 1.165) is 74.7 Å². The molecule has 2 heterocycles. The van der Waals surface area contributed by atoms with Crippen molar-refractivity contribution < 1.29 is 4.79 Å². The van der Waals surface area contributed by atoms with Crippen LogP contribution < -0.4 is 5.56 Å². The first-order valence-electron chi connectivity index (χ1n) is 12.3. The van der Waals surface area contributed by atoms with E-state index in [2.05, 4.69) is 29.7 Å². The predicted octanol–water partition coefficient (Wildman–Crippen LogP) is 6.47. The van der Waals surface area contributed by atoms with Crippen molar-refractivity contribution in [2.24, 2.45) is 5.41 Å². The molecule has 2 saturated carbocycles. The summed E-state index contributed by atoms with van der Waals surface area (Å²) < 4.78 is 2.23. The van der Waals surface area contributed by atoms with Crippen molar-refractivity contribution in [2.75, 3.05) is 0 Å². The fourth-order valence-electron chi connectivity index (χ4n) is 6.68. The van der Waals surface area contributed by atoms with Gasteiger partial charge in [-0.3, -0.25) is 9.36 Å². The van der Waals surface area contributed by atoms with Gasteiger partial charge in [-0.2, -0.15) is 4.98 Å². The lowest BCUT2D eigenvalue weighted by atomic mass is 9.68. The monoisotopic (exact) mass is 460 g/mol. The van der Waals surface area contributed by atoms with E-state index in [1.54, 1.807) is 6.07 Å². The maximum absolute atomic E-state index is 13.1. The molecule has 6 rings (SSSR count). The second-order valence-corrected chi connectivity index (χ2v) is 11.1. The van der Waals surface area contributed by atoms with E-state index in [1.807, 2.05) is 12.1 Å². The van der Waals surface area contributed by atoms with Crippen molar-refractivity contribution in [3.8, 4) is 5.69 Å². The lowest BCUT2D eigenvalue weighted by Gasteiger charge is -2.34. The summed E-state index contributed by atoms with van der Waals surface area (Å²) in [7, 11) is 0. The van der Waals surface area contributed by atoms with Crippen LogP contribution in [0.3, 0.4) is 0 Å². The molecule has 170 valence electrons. The molecule has 0 atom stereocenters. The molecule has 3 aromatic rings. The topological polar surface area (TPSA) is 52.0 Å². The van der Waals surface area contributed by atoms with Crippen molar-refractivity contribution in [3.63, 3.8) is 0 Å². The number of fused-ring (bicyclic) bond motifs is 7. The number of nitrogens with zero attached hydrogens (tertiary/aromatic N) is 2. The second kappa shape index (κ2) is 7.53. The molecular weight excluding hydrogens is 432 g/mol. The third-order valence-corrected chi connectivity index (χ3v) is 8.98. The fourth-order valence-corrected chi connectivity index (χ4v) is 6.93. The lowest BCUT2D eigenvalue weighted by Crippen LogP contribution is -2.32. The predicted molar refractivity (Wildman–Crippen MR) is 132 cm³/mol. The highest BCUT2D eigenvalue weighted by molar-refractivity contribution is 6.35. The van der Waals surface area contributed by atoms with E-state index in [-0.39, 0.29) is 16.4 Å². The first kappa shape index (κ1) is 21.1. The van der Waals surface area contributed by atoms with Gasteiger partial charge in [0.25, 0.3) is 5.56 Å². The van der Waals surface area contributed by atoms with Gasteiger partial charge >= 0.3 is 0 Å². The van der Waals surface area contributed by atoms with Crippen LogP contribution in [-0.2, 0) is 10.2 Å². The Kier molecular flexibility index (Phi) is 4.81. The van der Waals surface area contributed by atoms with Crippen molar-refractivity contribution >= 4 is 28.8 Å². The van der Waals surface area contributed by atoms with Crippen LogP contribution in [-0.4, -0.2) is 15.8 Å². The molecule has 2 aromatic carbocycles. The molecule has 0 saturated heterocycles. The molecule has 2 aliphatic carbocycles. The van der Waals surface area contributed by atoms with Crippen LogP contribution in [0.5, 0.6) is 0 Å². The van der Waals surface area contributed by atoms with E-state index in [9.17, 15) is 9.59 Å². The van der Waals surface area contributed by atoms with E-state index < -0.39 is 0 Å². The molecule has 0 unspecified atom stereocenters. The Balaban J connectivity index is 1.55. The van der Waals surface area contributed by atoms with E-state index >= 15 is 0 Å². The number of carbonyl (C=O) groups excluding carboxylic acids is 1.